The van der Waals surface area contributed by atoms with E-state index in [4.69, 9.17) is 0 Å². The van der Waals surface area contributed by atoms with E-state index in [2.05, 4.69) is 57.7 Å². The molecule has 2 amide bonds. The van der Waals surface area contributed by atoms with Gasteiger partial charge in [-0.2, -0.15) is 5.10 Å². The highest BCUT2D eigenvalue weighted by atomic mass is 16.3. The van der Waals surface area contributed by atoms with E-state index in [0.717, 1.165) is 38.9 Å². The fourth-order valence-electron chi connectivity index (χ4n) is 5.66. The zero-order valence-electron chi connectivity index (χ0n) is 22.7. The van der Waals surface area contributed by atoms with Gasteiger partial charge in [-0.05, 0) is 47.1 Å². The van der Waals surface area contributed by atoms with Gasteiger partial charge in [-0.1, -0.05) is 59.7 Å². The molecule has 3 heterocycles. The van der Waals surface area contributed by atoms with Crippen molar-refractivity contribution in [3.05, 3.63) is 64.3 Å². The molecule has 0 aliphatic carbocycles. The number of aromatic nitrogens is 1. The molecule has 0 spiro atoms. The molecule has 0 radical (unpaired) electrons. The van der Waals surface area contributed by atoms with Crippen LogP contribution in [-0.4, -0.2) is 50.6 Å². The number of aromatic amines is 1. The third-order valence-electron chi connectivity index (χ3n) is 7.62. The molecule has 2 aliphatic rings. The first-order valence-corrected chi connectivity index (χ1v) is 12.9. The molecular formula is C30H36N4O3. The second kappa shape index (κ2) is 8.47. The number of hydrogen-bond acceptors (Lipinski definition) is 4. The molecule has 0 saturated carbocycles. The van der Waals surface area contributed by atoms with Crippen molar-refractivity contribution in [1.29, 1.82) is 0 Å². The van der Waals surface area contributed by atoms with Crippen LogP contribution in [0.15, 0.2) is 41.5 Å². The van der Waals surface area contributed by atoms with Gasteiger partial charge >= 0.3 is 0 Å². The van der Waals surface area contributed by atoms with E-state index in [1.54, 1.807) is 11.1 Å². The van der Waals surface area contributed by atoms with Crippen molar-refractivity contribution < 1.29 is 14.7 Å². The largest absolute Gasteiger partial charge is 0.507 e. The summed E-state index contributed by atoms with van der Waals surface area (Å²) in [6, 6.07) is 11.1. The second-order valence-corrected chi connectivity index (χ2v) is 12.4. The van der Waals surface area contributed by atoms with Gasteiger partial charge in [0, 0.05) is 34.1 Å². The number of amides is 2. The molecule has 37 heavy (non-hydrogen) atoms. The number of para-hydroxylation sites is 1. The molecule has 7 heteroatoms. The second-order valence-electron chi connectivity index (χ2n) is 12.4. The van der Waals surface area contributed by atoms with Gasteiger partial charge in [0.1, 0.15) is 18.3 Å². The Kier molecular flexibility index (Phi) is 5.73. The third-order valence-corrected chi connectivity index (χ3v) is 7.62. The maximum Gasteiger partial charge on any atom is 0.266 e. The minimum Gasteiger partial charge on any atom is -0.507 e. The van der Waals surface area contributed by atoms with Gasteiger partial charge in [0.15, 0.2) is 0 Å². The van der Waals surface area contributed by atoms with Crippen LogP contribution in [0, 0.1) is 0 Å². The number of piperazine rings is 1. The van der Waals surface area contributed by atoms with Crippen molar-refractivity contribution in [2.75, 3.05) is 6.54 Å². The van der Waals surface area contributed by atoms with E-state index >= 15 is 0 Å². The number of rotatable bonds is 2. The highest BCUT2D eigenvalue weighted by molar-refractivity contribution is 5.97. The van der Waals surface area contributed by atoms with Crippen LogP contribution in [-0.2, 0) is 26.8 Å². The number of benzene rings is 2. The summed E-state index contributed by atoms with van der Waals surface area (Å²) in [7, 11) is 0. The normalized spacial score (nSPS) is 20.6. The molecule has 1 aromatic heterocycles. The van der Waals surface area contributed by atoms with Gasteiger partial charge in [0.2, 0.25) is 5.91 Å². The summed E-state index contributed by atoms with van der Waals surface area (Å²) in [4.78, 5) is 32.0. The summed E-state index contributed by atoms with van der Waals surface area (Å²) in [5.41, 5.74) is 4.99. The number of phenolic OH excluding ortho intramolecular Hbond substituents is 1. The summed E-state index contributed by atoms with van der Waals surface area (Å²) in [5, 5.41) is 17.9. The van der Waals surface area contributed by atoms with E-state index in [0.29, 0.717) is 12.2 Å². The molecule has 2 N–H and O–H groups in total. The van der Waals surface area contributed by atoms with Gasteiger partial charge in [0.05, 0.1) is 12.3 Å². The fraction of sp³-hybridized carbons (Fsp3) is 0.433. The highest BCUT2D eigenvalue weighted by Gasteiger charge is 2.46. The van der Waals surface area contributed by atoms with E-state index in [9.17, 15) is 14.7 Å². The van der Waals surface area contributed by atoms with Crippen LogP contribution in [0.3, 0.4) is 0 Å². The maximum atomic E-state index is 13.6. The van der Waals surface area contributed by atoms with E-state index < -0.39 is 6.04 Å². The summed E-state index contributed by atoms with van der Waals surface area (Å²) in [5.74, 6) is 0.00210. The van der Waals surface area contributed by atoms with E-state index in [1.165, 1.54) is 5.01 Å². The third kappa shape index (κ3) is 4.20. The number of nitrogens with one attached hydrogen (secondary N) is 1. The Labute approximate surface area is 218 Å². The first kappa shape index (κ1) is 25.1. The molecule has 194 valence electrons. The molecule has 3 aromatic rings. The molecule has 5 rings (SSSR count). The number of hydrogen-bond donors (Lipinski definition) is 2. The SMILES string of the molecule is C[C@H]1c2[nH]c3ccccc3c2C[C@H]2C(=O)N(/N=C/c3cc(C(C)(C)C)c(O)c(C(C)(C)C)c3)CC(=O)N21. The number of aromatic hydroxyl groups is 1. The lowest BCUT2D eigenvalue weighted by molar-refractivity contribution is -0.159. The number of fused-ring (bicyclic) bond motifs is 4. The predicted molar refractivity (Wildman–Crippen MR) is 146 cm³/mol. The lowest BCUT2D eigenvalue weighted by Crippen LogP contribution is -2.61. The van der Waals surface area contributed by atoms with Crippen molar-refractivity contribution in [3.8, 4) is 5.75 Å². The van der Waals surface area contributed by atoms with E-state index in [-0.39, 0.29) is 35.2 Å². The van der Waals surface area contributed by atoms with Crippen molar-refractivity contribution in [3.63, 3.8) is 0 Å². The smallest absolute Gasteiger partial charge is 0.266 e. The minimum absolute atomic E-state index is 0.0952. The van der Waals surface area contributed by atoms with Crippen LogP contribution in [0.25, 0.3) is 10.9 Å². The van der Waals surface area contributed by atoms with Gasteiger partial charge in [0.25, 0.3) is 5.91 Å². The van der Waals surface area contributed by atoms with Crippen LogP contribution in [0.4, 0.5) is 0 Å². The van der Waals surface area contributed by atoms with Gasteiger partial charge in [-0.15, -0.1) is 0 Å². The van der Waals surface area contributed by atoms with Crippen LogP contribution >= 0.6 is 0 Å². The molecule has 2 aliphatic heterocycles. The zero-order chi connectivity index (χ0) is 26.9. The molecule has 2 aromatic carbocycles. The van der Waals surface area contributed by atoms with Gasteiger partial charge in [-0.25, -0.2) is 5.01 Å². The first-order chi connectivity index (χ1) is 17.3. The molecular weight excluding hydrogens is 464 g/mol. The predicted octanol–water partition coefficient (Wildman–Crippen LogP) is 5.16. The maximum absolute atomic E-state index is 13.6. The summed E-state index contributed by atoms with van der Waals surface area (Å²) in [6.07, 6.45) is 2.09. The van der Waals surface area contributed by atoms with Gasteiger partial charge < -0.3 is 15.0 Å². The molecule has 0 bridgehead atoms. The number of H-pyrrole nitrogens is 1. The van der Waals surface area contributed by atoms with Crippen molar-refractivity contribution in [2.24, 2.45) is 5.10 Å². The number of phenols is 1. The molecule has 2 atom stereocenters. The van der Waals surface area contributed by atoms with Crippen molar-refractivity contribution >= 4 is 28.9 Å². The number of hydrazone groups is 1. The average Bonchev–Trinajstić information content (AvgIpc) is 3.18. The first-order valence-electron chi connectivity index (χ1n) is 12.9. The molecule has 1 saturated heterocycles. The molecule has 0 unspecified atom stereocenters. The van der Waals surface area contributed by atoms with Crippen LogP contribution in [0.2, 0.25) is 0 Å². The monoisotopic (exact) mass is 500 g/mol. The van der Waals surface area contributed by atoms with Crippen LogP contribution in [0.5, 0.6) is 5.75 Å². The Bertz CT molecular complexity index is 1400. The summed E-state index contributed by atoms with van der Waals surface area (Å²) < 4.78 is 0. The fourth-order valence-corrected chi connectivity index (χ4v) is 5.66. The Morgan fingerprint density at radius 1 is 1.03 bits per heavy atom. The Morgan fingerprint density at radius 2 is 1.65 bits per heavy atom. The average molecular weight is 501 g/mol. The quantitative estimate of drug-likeness (QED) is 0.477. The lowest BCUT2D eigenvalue weighted by Gasteiger charge is -2.44. The number of carbonyl (C=O) groups is 2. The lowest BCUT2D eigenvalue weighted by atomic mass is 9.78. The van der Waals surface area contributed by atoms with Gasteiger partial charge in [-0.3, -0.25) is 9.59 Å². The van der Waals surface area contributed by atoms with Crippen molar-refractivity contribution in [1.82, 2.24) is 14.9 Å². The molecule has 1 fully saturated rings. The highest BCUT2D eigenvalue weighted by Crippen LogP contribution is 2.40. The van der Waals surface area contributed by atoms with E-state index in [1.807, 2.05) is 37.3 Å². The standard InChI is InChI=1S/C30H36N4O3/c1-17-26-20(19-10-8-9-11-23(19)32-26)14-24-28(37)33(16-25(35)34(17)24)31-15-18-12-21(29(2,3)4)27(36)22(13-18)30(5,6)7/h8-13,15,17,24,32,36H,14,16H2,1-7H3/b31-15+/t17-,24-/m0/s1. The summed E-state index contributed by atoms with van der Waals surface area (Å²) >= 11 is 0. The van der Waals surface area contributed by atoms with Crippen molar-refractivity contribution in [2.45, 2.75) is 77.8 Å². The molecule has 7 nitrogen and oxygen atoms in total. The summed E-state index contributed by atoms with van der Waals surface area (Å²) in [6.45, 7) is 14.2. The zero-order valence-corrected chi connectivity index (χ0v) is 22.7. The minimum atomic E-state index is -0.588. The Morgan fingerprint density at radius 3 is 2.27 bits per heavy atom. The number of carbonyl (C=O) groups excluding carboxylic acids is 2. The Hall–Kier alpha value is -3.61. The Balaban J connectivity index is 1.49. The van der Waals surface area contributed by atoms with Crippen LogP contribution in [0.1, 0.15) is 82.5 Å². The van der Waals surface area contributed by atoms with Crippen LogP contribution < -0.4 is 0 Å². The topological polar surface area (TPSA) is 89.0 Å². The number of nitrogens with zero attached hydrogens (tertiary/aromatic N) is 3.